The lowest BCUT2D eigenvalue weighted by Gasteiger charge is -2.49. The van der Waals surface area contributed by atoms with Gasteiger partial charge in [-0.25, -0.2) is 0 Å². The van der Waals surface area contributed by atoms with Gasteiger partial charge in [0.15, 0.2) is 0 Å². The number of nitrogens with two attached hydrogens (primary N) is 2. The number of nitrogens with zero attached hydrogens (tertiary/aromatic N) is 4. The van der Waals surface area contributed by atoms with E-state index < -0.39 is 0 Å². The summed E-state index contributed by atoms with van der Waals surface area (Å²) in [5.41, 5.74) is 16.3. The van der Waals surface area contributed by atoms with E-state index in [1.165, 1.54) is 23.9 Å². The summed E-state index contributed by atoms with van der Waals surface area (Å²) in [4.78, 5) is 114. The van der Waals surface area contributed by atoms with Crippen LogP contribution >= 0.6 is 0 Å². The molecule has 6 aliphatic rings. The van der Waals surface area contributed by atoms with Gasteiger partial charge in [-0.05, 0) is 180 Å². The second kappa shape index (κ2) is 17.0. The topological polar surface area (TPSA) is 202 Å². The third kappa shape index (κ3) is 6.92. The minimum Gasteiger partial charge on any atom is -0.330 e. The van der Waals surface area contributed by atoms with E-state index >= 15 is 0 Å². The first kappa shape index (κ1) is 52.1. The highest BCUT2D eigenvalue weighted by molar-refractivity contribution is 6.43. The third-order valence-corrected chi connectivity index (χ3v) is 20.1. The van der Waals surface area contributed by atoms with Gasteiger partial charge in [0.25, 0.3) is 47.3 Å². The van der Waals surface area contributed by atoms with Crippen LogP contribution in [0.5, 0.6) is 0 Å². The lowest BCUT2D eigenvalue weighted by Crippen LogP contribution is -2.54. The van der Waals surface area contributed by atoms with Gasteiger partial charge in [-0.1, -0.05) is 90.1 Å². The molecule has 14 nitrogen and oxygen atoms in total. The van der Waals surface area contributed by atoms with E-state index in [0.717, 1.165) is 107 Å². The van der Waals surface area contributed by atoms with Crippen LogP contribution in [0, 0.1) is 21.7 Å². The summed E-state index contributed by atoms with van der Waals surface area (Å²) in [5, 5.41) is 13.2. The molecule has 84 heavy (non-hydrogen) atoms. The van der Waals surface area contributed by atoms with Gasteiger partial charge >= 0.3 is 0 Å². The summed E-state index contributed by atoms with van der Waals surface area (Å²) in [6, 6.07) is 29.8. The molecule has 10 aromatic rings. The Bertz CT molecular complexity index is 4590. The zero-order chi connectivity index (χ0) is 58.9. The third-order valence-electron chi connectivity index (χ3n) is 20.1. The van der Waals surface area contributed by atoms with Crippen molar-refractivity contribution in [1.29, 1.82) is 0 Å². The first-order chi connectivity index (χ1) is 39.8. The van der Waals surface area contributed by atoms with Crippen molar-refractivity contribution in [2.24, 2.45) is 33.1 Å². The van der Waals surface area contributed by atoms with Crippen LogP contribution in [0.2, 0.25) is 0 Å². The van der Waals surface area contributed by atoms with Crippen molar-refractivity contribution in [2.75, 3.05) is 27.2 Å². The zero-order valence-corrected chi connectivity index (χ0v) is 48.3. The molecule has 4 atom stereocenters. The number of benzene rings is 10. The molecule has 2 saturated carbocycles. The molecule has 4 unspecified atom stereocenters. The highest BCUT2D eigenvalue weighted by atomic mass is 16.2. The molecule has 16 rings (SSSR count). The summed E-state index contributed by atoms with van der Waals surface area (Å²) in [5.74, 6) is -2.34. The molecule has 0 aromatic heterocycles. The largest absolute Gasteiger partial charge is 0.330 e. The summed E-state index contributed by atoms with van der Waals surface area (Å²) in [6.45, 7) is 13.9. The molecule has 0 spiro atoms. The Hall–Kier alpha value is -8.72. The lowest BCUT2D eigenvalue weighted by molar-refractivity contribution is 0.0177. The van der Waals surface area contributed by atoms with Crippen molar-refractivity contribution in [1.82, 2.24) is 19.6 Å². The average Bonchev–Trinajstić information content (AvgIpc) is 0.731. The van der Waals surface area contributed by atoms with E-state index in [1.54, 1.807) is 24.3 Å². The molecule has 4 N–H and O–H groups in total. The van der Waals surface area contributed by atoms with Crippen molar-refractivity contribution < 1.29 is 38.4 Å². The average molecular weight is 1120 g/mol. The van der Waals surface area contributed by atoms with Crippen LogP contribution in [0.15, 0.2) is 97.1 Å². The highest BCUT2D eigenvalue weighted by Gasteiger charge is 2.49. The quantitative estimate of drug-likeness (QED) is 0.0970. The van der Waals surface area contributed by atoms with Gasteiger partial charge in [0, 0.05) is 98.8 Å². The number of amides is 8. The smallest absolute Gasteiger partial charge is 0.261 e. The number of rotatable bonds is 4. The van der Waals surface area contributed by atoms with Gasteiger partial charge in [-0.3, -0.25) is 58.0 Å². The molecule has 4 heterocycles. The zero-order valence-electron chi connectivity index (χ0n) is 48.3. The number of carbonyl (C=O) groups is 8. The van der Waals surface area contributed by atoms with Gasteiger partial charge in [-0.15, -0.1) is 0 Å². The second-order valence-corrected chi connectivity index (χ2v) is 27.5. The van der Waals surface area contributed by atoms with Gasteiger partial charge in [0.1, 0.15) is 0 Å². The maximum Gasteiger partial charge on any atom is 0.261 e. The van der Waals surface area contributed by atoms with E-state index in [1.807, 2.05) is 72.8 Å². The van der Waals surface area contributed by atoms with E-state index in [0.29, 0.717) is 85.6 Å². The molecule has 8 amide bonds. The van der Waals surface area contributed by atoms with E-state index in [4.69, 9.17) is 11.5 Å². The molecular formula is C70H62N6O8. The molecule has 0 bridgehead atoms. The summed E-state index contributed by atoms with van der Waals surface area (Å²) >= 11 is 0. The summed E-state index contributed by atoms with van der Waals surface area (Å²) in [6.07, 6.45) is 4.95. The van der Waals surface area contributed by atoms with Crippen molar-refractivity contribution >= 4 is 133 Å². The van der Waals surface area contributed by atoms with Crippen LogP contribution in [0.4, 0.5) is 0 Å². The summed E-state index contributed by atoms with van der Waals surface area (Å²) < 4.78 is 0. The van der Waals surface area contributed by atoms with Crippen molar-refractivity contribution in [2.45, 2.75) is 92.2 Å². The van der Waals surface area contributed by atoms with Gasteiger partial charge < -0.3 is 11.5 Å². The van der Waals surface area contributed by atoms with Crippen LogP contribution in [0.25, 0.3) is 86.2 Å². The Labute approximate surface area is 483 Å². The van der Waals surface area contributed by atoms with Gasteiger partial charge in [0.05, 0.1) is 0 Å². The molecule has 14 heteroatoms. The molecule has 10 aromatic carbocycles. The Morgan fingerprint density at radius 1 is 0.369 bits per heavy atom. The van der Waals surface area contributed by atoms with E-state index in [-0.39, 0.29) is 81.0 Å². The molecule has 2 aliphatic carbocycles. The fourth-order valence-corrected chi connectivity index (χ4v) is 17.5. The lowest BCUT2D eigenvalue weighted by atomic mass is 9.62. The first-order valence-electron chi connectivity index (χ1n) is 29.1. The Balaban J connectivity index is 0.000000143. The molecule has 0 saturated heterocycles. The van der Waals surface area contributed by atoms with Gasteiger partial charge in [-0.2, -0.15) is 0 Å². The van der Waals surface area contributed by atoms with Crippen LogP contribution in [-0.2, 0) is 0 Å². The molecule has 420 valence electrons. The monoisotopic (exact) mass is 1110 g/mol. The highest BCUT2D eigenvalue weighted by Crippen LogP contribution is 2.53. The fourth-order valence-electron chi connectivity index (χ4n) is 17.5. The minimum absolute atomic E-state index is 0.0302. The van der Waals surface area contributed by atoms with Gasteiger partial charge in [0.2, 0.25) is 0 Å². The Morgan fingerprint density at radius 2 is 0.655 bits per heavy atom. The number of hydrogen-bond acceptors (Lipinski definition) is 10. The standard InChI is InChI=1S/2C35H31N3O4/c1-34(2)13-17(36)14-35(3,15-34)16-38-32(41)24-11-7-20-18-5-9-22-28-23(31(40)37(4)30(22)39)10-6-19(26(18)28)21-8-12-25(33(38)42)29(24)27(20)21;1-34(2)13-17(14-35(3,15-34)16-36)38-32(41)24-11-7-20-18-5-9-22-28-23(31(40)37(4)30(22)39)10-6-19(26(18)28)21-8-12-25(33(38)42)29(24)27(20)21/h2*5-12,17H,13-16,36H2,1-4H3. The number of carbonyl (C=O) groups excluding carboxylic acids is 8. The Kier molecular flexibility index (Phi) is 10.5. The van der Waals surface area contributed by atoms with Crippen molar-refractivity contribution in [3.63, 3.8) is 0 Å². The Morgan fingerprint density at radius 3 is 0.964 bits per heavy atom. The second-order valence-electron chi connectivity index (χ2n) is 27.5. The number of fused-ring (bicyclic) bond motifs is 4. The van der Waals surface area contributed by atoms with E-state index in [2.05, 4.69) is 41.5 Å². The molecular weight excluding hydrogens is 1050 g/mol. The molecule has 0 radical (unpaired) electrons. The molecule has 4 aliphatic heterocycles. The predicted octanol–water partition coefficient (Wildman–Crippen LogP) is 12.2. The summed E-state index contributed by atoms with van der Waals surface area (Å²) in [7, 11) is 3.01. The normalized spacial score (nSPS) is 23.8. The number of imide groups is 4. The SMILES string of the molecule is CN1C(=O)c2ccc3c4ccc5c6c(ccc(c7ccc(c2c37)C1=O)c64)C(=O)N(C1CC(C)(C)CC(C)(CN)C1)C5=O.CN1C(=O)c2ccc3c4ccc5c6c(ccc(c7ccc(c2c37)C1=O)c64)C(=O)N(CC1(C)CC(N)CC(C)(C)C1)C5=O. The minimum atomic E-state index is -0.320. The van der Waals surface area contributed by atoms with E-state index in [9.17, 15) is 38.4 Å². The van der Waals surface area contributed by atoms with Crippen molar-refractivity contribution in [3.05, 3.63) is 142 Å². The van der Waals surface area contributed by atoms with Crippen LogP contribution in [0.1, 0.15) is 163 Å². The van der Waals surface area contributed by atoms with Crippen LogP contribution in [-0.4, -0.2) is 106 Å². The fraction of sp³-hybridized carbons (Fsp3) is 0.314. The van der Waals surface area contributed by atoms with Crippen LogP contribution in [0.3, 0.4) is 0 Å². The first-order valence-corrected chi connectivity index (χ1v) is 29.1. The maximum atomic E-state index is 14.2. The van der Waals surface area contributed by atoms with Crippen LogP contribution < -0.4 is 11.5 Å². The maximum absolute atomic E-state index is 14.2. The predicted molar refractivity (Wildman–Crippen MR) is 326 cm³/mol. The molecule has 2 fully saturated rings. The van der Waals surface area contributed by atoms with Crippen molar-refractivity contribution in [3.8, 4) is 0 Å². The number of hydrogen-bond donors (Lipinski definition) is 2.